The van der Waals surface area contributed by atoms with Crippen molar-refractivity contribution in [1.29, 1.82) is 0 Å². The van der Waals surface area contributed by atoms with Crippen LogP contribution in [-0.2, 0) is 11.3 Å². The van der Waals surface area contributed by atoms with Crippen LogP contribution in [0.15, 0.2) is 82.2 Å². The van der Waals surface area contributed by atoms with Gasteiger partial charge >= 0.3 is 0 Å². The Labute approximate surface area is 205 Å². The average Bonchev–Trinajstić information content (AvgIpc) is 3.32. The second-order valence-electron chi connectivity index (χ2n) is 8.22. The lowest BCUT2D eigenvalue weighted by Gasteiger charge is -2.18. The number of amides is 1. The van der Waals surface area contributed by atoms with Gasteiger partial charge in [-0.2, -0.15) is 4.98 Å². The fourth-order valence-electron chi connectivity index (χ4n) is 4.07. The Balaban J connectivity index is 1.47. The van der Waals surface area contributed by atoms with Crippen molar-refractivity contribution in [2.45, 2.75) is 44.0 Å². The Bertz CT molecular complexity index is 1250. The van der Waals surface area contributed by atoms with Crippen molar-refractivity contribution >= 4 is 17.7 Å². The summed E-state index contributed by atoms with van der Waals surface area (Å²) in [6, 6.07) is 24.7. The number of hydrogen-bond donors (Lipinski definition) is 1. The number of carbonyl (C=O) groups is 1. The average molecular weight is 472 g/mol. The molecular weight excluding hydrogens is 442 g/mol. The van der Waals surface area contributed by atoms with Gasteiger partial charge in [-0.05, 0) is 47.1 Å². The third-order valence-electron chi connectivity index (χ3n) is 5.80. The molecule has 1 aromatic heterocycles. The number of aryl methyl sites for hydroxylation is 1. The Morgan fingerprint density at radius 2 is 1.82 bits per heavy atom. The molecular formula is C28H29N3O2S. The van der Waals surface area contributed by atoms with E-state index in [1.807, 2.05) is 24.3 Å². The molecule has 174 valence electrons. The first-order valence-corrected chi connectivity index (χ1v) is 12.7. The molecule has 3 aromatic carbocycles. The van der Waals surface area contributed by atoms with Crippen molar-refractivity contribution in [1.82, 2.24) is 15.5 Å². The second kappa shape index (κ2) is 11.2. The lowest BCUT2D eigenvalue weighted by atomic mass is 9.92. The quantitative estimate of drug-likeness (QED) is 0.277. The van der Waals surface area contributed by atoms with Gasteiger partial charge in [0.05, 0.1) is 5.92 Å². The predicted molar refractivity (Wildman–Crippen MR) is 138 cm³/mol. The van der Waals surface area contributed by atoms with Gasteiger partial charge in [0.2, 0.25) is 17.6 Å². The van der Waals surface area contributed by atoms with Crippen LogP contribution in [0.25, 0.3) is 22.5 Å². The minimum Gasteiger partial charge on any atom is -0.351 e. The molecule has 1 unspecified atom stereocenters. The normalized spacial score (nSPS) is 11.9. The second-order valence-corrected chi connectivity index (χ2v) is 9.07. The molecule has 0 spiro atoms. The SMILES string of the molecule is CCCC(C(=O)NCc1cccc(-c2noc(C)n2)c1)c1ccc(-c2ccccc2SC)cc1. The van der Waals surface area contributed by atoms with E-state index in [1.165, 1.54) is 10.5 Å². The first-order chi connectivity index (χ1) is 16.6. The molecule has 0 bridgehead atoms. The molecule has 0 aliphatic carbocycles. The van der Waals surface area contributed by atoms with Gasteiger partial charge in [-0.1, -0.05) is 79.2 Å². The molecule has 0 aliphatic heterocycles. The maximum atomic E-state index is 13.2. The van der Waals surface area contributed by atoms with Crippen LogP contribution in [0.2, 0.25) is 0 Å². The summed E-state index contributed by atoms with van der Waals surface area (Å²) in [5.41, 5.74) is 5.29. The molecule has 5 nitrogen and oxygen atoms in total. The highest BCUT2D eigenvalue weighted by Gasteiger charge is 2.20. The first-order valence-electron chi connectivity index (χ1n) is 11.5. The van der Waals surface area contributed by atoms with Crippen LogP contribution in [0.1, 0.15) is 42.7 Å². The van der Waals surface area contributed by atoms with Crippen LogP contribution in [0.3, 0.4) is 0 Å². The number of benzene rings is 3. The maximum Gasteiger partial charge on any atom is 0.227 e. The highest BCUT2D eigenvalue weighted by molar-refractivity contribution is 7.98. The number of nitrogens with zero attached hydrogens (tertiary/aromatic N) is 2. The monoisotopic (exact) mass is 471 g/mol. The summed E-state index contributed by atoms with van der Waals surface area (Å²) in [5, 5.41) is 7.10. The van der Waals surface area contributed by atoms with Crippen LogP contribution >= 0.6 is 11.8 Å². The van der Waals surface area contributed by atoms with Crippen LogP contribution in [-0.4, -0.2) is 22.3 Å². The molecule has 1 amide bonds. The fraction of sp³-hybridized carbons (Fsp3) is 0.250. The minimum absolute atomic E-state index is 0.0416. The largest absolute Gasteiger partial charge is 0.351 e. The fourth-order valence-corrected chi connectivity index (χ4v) is 4.69. The highest BCUT2D eigenvalue weighted by atomic mass is 32.2. The standard InChI is InChI=1S/C28H29N3O2S/c1-4-8-25(22-15-13-21(14-16-22)24-11-5-6-12-26(24)34-3)28(32)29-18-20-9-7-10-23(17-20)27-30-19(2)33-31-27/h5-7,9-17,25H,4,8,18H2,1-3H3,(H,29,32). The summed E-state index contributed by atoms with van der Waals surface area (Å²) < 4.78 is 5.08. The van der Waals surface area contributed by atoms with Crippen molar-refractivity contribution in [3.8, 4) is 22.5 Å². The summed E-state index contributed by atoms with van der Waals surface area (Å²) in [4.78, 5) is 18.7. The van der Waals surface area contributed by atoms with Crippen molar-refractivity contribution < 1.29 is 9.32 Å². The zero-order valence-electron chi connectivity index (χ0n) is 19.7. The van der Waals surface area contributed by atoms with Gasteiger partial charge in [-0.3, -0.25) is 4.79 Å². The van der Waals surface area contributed by atoms with E-state index in [2.05, 4.69) is 77.2 Å². The van der Waals surface area contributed by atoms with E-state index in [0.717, 1.165) is 35.1 Å². The molecule has 1 atom stereocenters. The topological polar surface area (TPSA) is 68.0 Å². The number of carbonyl (C=O) groups excluding carboxylic acids is 1. The predicted octanol–water partition coefficient (Wildman–Crippen LogP) is 6.63. The first kappa shape index (κ1) is 23.8. The molecule has 0 fully saturated rings. The van der Waals surface area contributed by atoms with Gasteiger partial charge in [0.15, 0.2) is 0 Å². The van der Waals surface area contributed by atoms with Crippen LogP contribution in [0, 0.1) is 6.92 Å². The van der Waals surface area contributed by atoms with E-state index in [-0.39, 0.29) is 11.8 Å². The molecule has 0 saturated heterocycles. The number of hydrogen-bond acceptors (Lipinski definition) is 5. The van der Waals surface area contributed by atoms with Crippen LogP contribution < -0.4 is 5.32 Å². The molecule has 4 aromatic rings. The molecule has 0 aliphatic rings. The Morgan fingerprint density at radius 3 is 2.53 bits per heavy atom. The molecule has 6 heteroatoms. The van der Waals surface area contributed by atoms with Crippen molar-refractivity contribution in [3.05, 3.63) is 89.8 Å². The Hall–Kier alpha value is -3.38. The van der Waals surface area contributed by atoms with Gasteiger partial charge in [-0.15, -0.1) is 11.8 Å². The van der Waals surface area contributed by atoms with Crippen LogP contribution in [0.5, 0.6) is 0 Å². The minimum atomic E-state index is -0.183. The summed E-state index contributed by atoms with van der Waals surface area (Å²) >= 11 is 1.74. The zero-order chi connectivity index (χ0) is 23.9. The van der Waals surface area contributed by atoms with Gasteiger partial charge in [0.1, 0.15) is 0 Å². The maximum absolute atomic E-state index is 13.2. The molecule has 1 heterocycles. The molecule has 1 N–H and O–H groups in total. The molecule has 0 radical (unpaired) electrons. The van der Waals surface area contributed by atoms with Gasteiger partial charge in [-0.25, -0.2) is 0 Å². The van der Waals surface area contributed by atoms with Crippen molar-refractivity contribution in [3.63, 3.8) is 0 Å². The summed E-state index contributed by atoms with van der Waals surface area (Å²) in [7, 11) is 0. The highest BCUT2D eigenvalue weighted by Crippen LogP contribution is 2.31. The lowest BCUT2D eigenvalue weighted by Crippen LogP contribution is -2.29. The third-order valence-corrected chi connectivity index (χ3v) is 6.60. The van der Waals surface area contributed by atoms with E-state index >= 15 is 0 Å². The van der Waals surface area contributed by atoms with E-state index in [0.29, 0.717) is 18.3 Å². The van der Waals surface area contributed by atoms with E-state index in [4.69, 9.17) is 4.52 Å². The molecule has 4 rings (SSSR count). The van der Waals surface area contributed by atoms with Gasteiger partial charge in [0, 0.05) is 23.9 Å². The van der Waals surface area contributed by atoms with Crippen molar-refractivity contribution in [2.24, 2.45) is 0 Å². The number of rotatable bonds is 9. The smallest absolute Gasteiger partial charge is 0.227 e. The van der Waals surface area contributed by atoms with Crippen molar-refractivity contribution in [2.75, 3.05) is 6.26 Å². The van der Waals surface area contributed by atoms with E-state index in [9.17, 15) is 4.79 Å². The third kappa shape index (κ3) is 5.57. The van der Waals surface area contributed by atoms with E-state index in [1.54, 1.807) is 18.7 Å². The molecule has 34 heavy (non-hydrogen) atoms. The number of thioether (sulfide) groups is 1. The Kier molecular flexibility index (Phi) is 7.80. The summed E-state index contributed by atoms with van der Waals surface area (Å²) in [6.45, 7) is 4.32. The van der Waals surface area contributed by atoms with E-state index < -0.39 is 0 Å². The number of aromatic nitrogens is 2. The lowest BCUT2D eigenvalue weighted by molar-refractivity contribution is -0.122. The number of nitrogens with one attached hydrogen (secondary N) is 1. The van der Waals surface area contributed by atoms with Crippen LogP contribution in [0.4, 0.5) is 0 Å². The summed E-state index contributed by atoms with van der Waals surface area (Å²) in [6.07, 6.45) is 3.82. The van der Waals surface area contributed by atoms with Gasteiger partial charge in [0.25, 0.3) is 0 Å². The zero-order valence-corrected chi connectivity index (χ0v) is 20.6. The van der Waals surface area contributed by atoms with Gasteiger partial charge < -0.3 is 9.84 Å². The summed E-state index contributed by atoms with van der Waals surface area (Å²) in [5.74, 6) is 0.939. The Morgan fingerprint density at radius 1 is 1.03 bits per heavy atom. The molecule has 0 saturated carbocycles.